The number of allylic oxidation sites excluding steroid dienone is 2. The van der Waals surface area contributed by atoms with E-state index in [4.69, 9.17) is 14.0 Å². The summed E-state index contributed by atoms with van der Waals surface area (Å²) >= 11 is 1.70. The third kappa shape index (κ3) is 3.70. The summed E-state index contributed by atoms with van der Waals surface area (Å²) in [6.45, 7) is 1.93. The topological polar surface area (TPSA) is 73.6 Å². The van der Waals surface area contributed by atoms with E-state index in [9.17, 15) is 4.79 Å². The molecule has 170 valence electrons. The molecule has 2 aliphatic rings. The highest BCUT2D eigenvalue weighted by Crippen LogP contribution is 2.49. The molecule has 1 aromatic heterocycles. The predicted molar refractivity (Wildman–Crippen MR) is 128 cm³/mol. The summed E-state index contributed by atoms with van der Waals surface area (Å²) in [5.74, 6) is 1.97. The number of aromatic nitrogens is 1. The lowest BCUT2D eigenvalue weighted by atomic mass is 9.72. The molecular weight excluding hydrogens is 436 g/mol. The number of carbonyl (C=O) groups excluding carboxylic acids is 1. The minimum absolute atomic E-state index is 0.0358. The highest BCUT2D eigenvalue weighted by atomic mass is 32.2. The number of nitrogens with one attached hydrogen (secondary N) is 1. The Kier molecular flexibility index (Phi) is 5.66. The summed E-state index contributed by atoms with van der Waals surface area (Å²) in [5.41, 5.74) is 5.61. The monoisotopic (exact) mass is 462 g/mol. The van der Waals surface area contributed by atoms with E-state index in [0.717, 1.165) is 33.7 Å². The molecule has 2 heterocycles. The number of ether oxygens (including phenoxy) is 2. The molecular formula is C26H26N2O4S. The molecule has 3 aromatic rings. The van der Waals surface area contributed by atoms with Crippen molar-refractivity contribution in [3.63, 3.8) is 0 Å². The molecule has 0 saturated heterocycles. The standard InChI is InChI=1S/C26H26N2O4S/c1-14-23-24(15-5-8-18(33-4)9-6-15)25-19(27-26(23)32-28-14)11-17(12-20(25)29)16-7-10-21(30-2)22(13-16)31-3/h5-10,13,17,24,27H,11-12H2,1-4H3/t17-,24+/m0/s1. The first-order valence-corrected chi connectivity index (χ1v) is 12.1. The Morgan fingerprint density at radius 1 is 1.03 bits per heavy atom. The summed E-state index contributed by atoms with van der Waals surface area (Å²) in [6, 6.07) is 14.3. The number of nitrogens with zero attached hydrogens (tertiary/aromatic N) is 1. The summed E-state index contributed by atoms with van der Waals surface area (Å²) in [5, 5.41) is 7.59. The Bertz CT molecular complexity index is 1250. The van der Waals surface area contributed by atoms with Gasteiger partial charge in [0.25, 0.3) is 0 Å². The van der Waals surface area contributed by atoms with Crippen molar-refractivity contribution in [3.05, 3.63) is 76.1 Å². The van der Waals surface area contributed by atoms with Gasteiger partial charge in [-0.05, 0) is 60.9 Å². The first kappa shape index (κ1) is 21.6. The maximum atomic E-state index is 13.6. The van der Waals surface area contributed by atoms with Crippen molar-refractivity contribution in [2.45, 2.75) is 36.5 Å². The fourth-order valence-corrected chi connectivity index (χ4v) is 5.35. The van der Waals surface area contributed by atoms with E-state index in [0.29, 0.717) is 30.2 Å². The van der Waals surface area contributed by atoms with Crippen LogP contribution in [0.5, 0.6) is 11.5 Å². The van der Waals surface area contributed by atoms with E-state index < -0.39 is 0 Å². The van der Waals surface area contributed by atoms with Crippen LogP contribution in [0.2, 0.25) is 0 Å². The summed E-state index contributed by atoms with van der Waals surface area (Å²) < 4.78 is 16.5. The molecule has 7 heteroatoms. The van der Waals surface area contributed by atoms with Gasteiger partial charge in [-0.3, -0.25) is 4.79 Å². The Labute approximate surface area is 197 Å². The Morgan fingerprint density at radius 2 is 1.76 bits per heavy atom. The van der Waals surface area contributed by atoms with Crippen molar-refractivity contribution in [1.82, 2.24) is 5.16 Å². The van der Waals surface area contributed by atoms with Crippen LogP contribution < -0.4 is 14.8 Å². The fourth-order valence-electron chi connectivity index (χ4n) is 4.94. The van der Waals surface area contributed by atoms with Crippen LogP contribution in [0, 0.1) is 6.92 Å². The third-order valence-corrected chi connectivity index (χ3v) is 7.33. The van der Waals surface area contributed by atoms with Crippen molar-refractivity contribution < 1.29 is 18.8 Å². The smallest absolute Gasteiger partial charge is 0.233 e. The molecule has 5 rings (SSSR count). The lowest BCUT2D eigenvalue weighted by Crippen LogP contribution is -2.29. The summed E-state index contributed by atoms with van der Waals surface area (Å²) in [4.78, 5) is 14.8. The van der Waals surface area contributed by atoms with Crippen molar-refractivity contribution >= 4 is 23.4 Å². The molecule has 0 radical (unpaired) electrons. The number of thioether (sulfide) groups is 1. The first-order chi connectivity index (χ1) is 16.0. The zero-order valence-corrected chi connectivity index (χ0v) is 19.9. The second-order valence-electron chi connectivity index (χ2n) is 8.38. The molecule has 1 aliphatic carbocycles. The quantitative estimate of drug-likeness (QED) is 0.489. The largest absolute Gasteiger partial charge is 0.493 e. The van der Waals surface area contributed by atoms with Crippen LogP contribution in [-0.2, 0) is 4.79 Å². The molecule has 0 spiro atoms. The van der Waals surface area contributed by atoms with Crippen molar-refractivity contribution in [3.8, 4) is 11.5 Å². The average Bonchev–Trinajstić information content (AvgIpc) is 3.22. The van der Waals surface area contributed by atoms with Crippen LogP contribution in [0.15, 0.2) is 63.2 Å². The number of benzene rings is 2. The average molecular weight is 463 g/mol. The molecule has 0 bridgehead atoms. The molecule has 2 atom stereocenters. The molecule has 0 fully saturated rings. The Morgan fingerprint density at radius 3 is 2.45 bits per heavy atom. The highest BCUT2D eigenvalue weighted by Gasteiger charge is 2.41. The molecule has 0 unspecified atom stereocenters. The zero-order valence-electron chi connectivity index (χ0n) is 19.1. The number of methoxy groups -OCH3 is 2. The highest BCUT2D eigenvalue weighted by molar-refractivity contribution is 7.98. The summed E-state index contributed by atoms with van der Waals surface area (Å²) in [6.07, 6.45) is 3.20. The van der Waals surface area contributed by atoms with Gasteiger partial charge in [-0.1, -0.05) is 23.4 Å². The van der Waals surface area contributed by atoms with Crippen molar-refractivity contribution in [2.24, 2.45) is 0 Å². The van der Waals surface area contributed by atoms with Gasteiger partial charge in [-0.25, -0.2) is 0 Å². The fraction of sp³-hybridized carbons (Fsp3) is 0.308. The molecule has 0 saturated carbocycles. The van der Waals surface area contributed by atoms with E-state index in [1.165, 1.54) is 4.90 Å². The lowest BCUT2D eigenvalue weighted by molar-refractivity contribution is -0.116. The van der Waals surface area contributed by atoms with Gasteiger partial charge >= 0.3 is 0 Å². The second-order valence-corrected chi connectivity index (χ2v) is 9.26. The van der Waals surface area contributed by atoms with Gasteiger partial charge in [0.05, 0.1) is 25.5 Å². The molecule has 1 aliphatic heterocycles. The maximum Gasteiger partial charge on any atom is 0.233 e. The molecule has 2 aromatic carbocycles. The van der Waals surface area contributed by atoms with Crippen LogP contribution in [-0.4, -0.2) is 31.4 Å². The number of carbonyl (C=O) groups is 1. The number of hydrogen-bond donors (Lipinski definition) is 1. The zero-order chi connectivity index (χ0) is 23.1. The third-order valence-electron chi connectivity index (χ3n) is 6.59. The summed E-state index contributed by atoms with van der Waals surface area (Å²) in [7, 11) is 3.24. The van der Waals surface area contributed by atoms with E-state index in [-0.39, 0.29) is 17.6 Å². The number of rotatable bonds is 5. The number of hydrogen-bond acceptors (Lipinski definition) is 7. The van der Waals surface area contributed by atoms with E-state index in [2.05, 4.69) is 41.0 Å². The van der Waals surface area contributed by atoms with Gasteiger partial charge in [-0.15, -0.1) is 11.8 Å². The number of fused-ring (bicyclic) bond motifs is 1. The van der Waals surface area contributed by atoms with Gasteiger partial charge < -0.3 is 19.3 Å². The van der Waals surface area contributed by atoms with E-state index >= 15 is 0 Å². The minimum atomic E-state index is -0.183. The van der Waals surface area contributed by atoms with Crippen LogP contribution in [0.4, 0.5) is 5.88 Å². The second kappa shape index (κ2) is 8.63. The Hall–Kier alpha value is -3.19. The molecule has 0 amide bonds. The van der Waals surface area contributed by atoms with Crippen LogP contribution in [0.25, 0.3) is 0 Å². The number of Topliss-reactive ketones (excluding diaryl/α,β-unsaturated/α-hetero) is 1. The van der Waals surface area contributed by atoms with E-state index in [1.807, 2.05) is 25.1 Å². The molecule has 1 N–H and O–H groups in total. The number of ketones is 1. The van der Waals surface area contributed by atoms with Gasteiger partial charge in [0.2, 0.25) is 5.88 Å². The molecule has 33 heavy (non-hydrogen) atoms. The van der Waals surface area contributed by atoms with Gasteiger partial charge in [0.15, 0.2) is 17.3 Å². The van der Waals surface area contributed by atoms with Crippen LogP contribution >= 0.6 is 11.8 Å². The van der Waals surface area contributed by atoms with Crippen molar-refractivity contribution in [1.29, 1.82) is 0 Å². The van der Waals surface area contributed by atoms with Gasteiger partial charge in [0, 0.05) is 28.5 Å². The van der Waals surface area contributed by atoms with E-state index in [1.54, 1.807) is 26.0 Å². The first-order valence-electron chi connectivity index (χ1n) is 10.9. The lowest BCUT2D eigenvalue weighted by Gasteiger charge is -2.34. The predicted octanol–water partition coefficient (Wildman–Crippen LogP) is 5.68. The molecule has 6 nitrogen and oxygen atoms in total. The maximum absolute atomic E-state index is 13.6. The number of anilines is 1. The SMILES string of the molecule is COc1ccc([C@@H]2CC(=O)C3=C(C2)Nc2onc(C)c2[C@H]3c2ccc(SC)cc2)cc1OC. The van der Waals surface area contributed by atoms with Gasteiger partial charge in [-0.2, -0.15) is 0 Å². The van der Waals surface area contributed by atoms with Crippen LogP contribution in [0.1, 0.15) is 47.1 Å². The van der Waals surface area contributed by atoms with Gasteiger partial charge in [0.1, 0.15) is 0 Å². The minimum Gasteiger partial charge on any atom is -0.493 e. The van der Waals surface area contributed by atoms with Crippen molar-refractivity contribution in [2.75, 3.05) is 25.8 Å². The number of aryl methyl sites for hydroxylation is 1. The Balaban J connectivity index is 1.56. The van der Waals surface area contributed by atoms with Crippen LogP contribution in [0.3, 0.4) is 0 Å². The normalized spacial score (nSPS) is 19.6.